The van der Waals surface area contributed by atoms with E-state index in [1.807, 2.05) is 0 Å². The maximum Gasteiger partial charge on any atom is 0.0706 e. The molecule has 0 saturated carbocycles. The Hall–Kier alpha value is -0.0800. The minimum atomic E-state index is 0.412. The van der Waals surface area contributed by atoms with Crippen LogP contribution in [0.25, 0.3) is 0 Å². The summed E-state index contributed by atoms with van der Waals surface area (Å²) < 4.78 is 5.74. The van der Waals surface area contributed by atoms with Crippen LogP contribution in [0.3, 0.4) is 0 Å². The molecule has 1 aliphatic heterocycles. The molecule has 0 bridgehead atoms. The van der Waals surface area contributed by atoms with E-state index in [0.29, 0.717) is 18.2 Å². The van der Waals surface area contributed by atoms with Crippen molar-refractivity contribution in [1.82, 2.24) is 4.90 Å². The van der Waals surface area contributed by atoms with Gasteiger partial charge in [-0.1, -0.05) is 6.92 Å². The summed E-state index contributed by atoms with van der Waals surface area (Å²) in [6, 6.07) is 0.625. The summed E-state index contributed by atoms with van der Waals surface area (Å²) in [5.41, 5.74) is 0. The molecule has 2 heteroatoms. The Morgan fingerprint density at radius 1 is 1.45 bits per heavy atom. The first-order valence-corrected chi connectivity index (χ1v) is 4.47. The molecule has 1 heterocycles. The van der Waals surface area contributed by atoms with Gasteiger partial charge in [0, 0.05) is 6.04 Å². The van der Waals surface area contributed by atoms with Gasteiger partial charge in [-0.15, -0.1) is 0 Å². The summed E-state index contributed by atoms with van der Waals surface area (Å²) in [4.78, 5) is 2.26. The van der Waals surface area contributed by atoms with Crippen molar-refractivity contribution in [3.05, 3.63) is 0 Å². The van der Waals surface area contributed by atoms with Crippen LogP contribution in [-0.2, 0) is 4.74 Å². The van der Waals surface area contributed by atoms with Gasteiger partial charge in [-0.05, 0) is 33.9 Å². The standard InChI is InChI=1S/C9H19NO/c1-5-8-6-9(10(3)4)7(2)11-8/h7-9H,5-6H2,1-4H3. The second-order valence-electron chi connectivity index (χ2n) is 3.64. The van der Waals surface area contributed by atoms with E-state index in [2.05, 4.69) is 32.8 Å². The summed E-state index contributed by atoms with van der Waals surface area (Å²) in [7, 11) is 4.26. The van der Waals surface area contributed by atoms with E-state index in [-0.39, 0.29) is 0 Å². The van der Waals surface area contributed by atoms with Gasteiger partial charge in [-0.3, -0.25) is 0 Å². The van der Waals surface area contributed by atoms with E-state index in [1.165, 1.54) is 6.42 Å². The number of hydrogen-bond donors (Lipinski definition) is 0. The highest BCUT2D eigenvalue weighted by Gasteiger charge is 2.31. The molecule has 1 fully saturated rings. The van der Waals surface area contributed by atoms with Gasteiger partial charge in [0.05, 0.1) is 12.2 Å². The minimum absolute atomic E-state index is 0.412. The third-order valence-corrected chi connectivity index (χ3v) is 2.57. The lowest BCUT2D eigenvalue weighted by atomic mass is 10.1. The Morgan fingerprint density at radius 2 is 2.09 bits per heavy atom. The molecule has 2 nitrogen and oxygen atoms in total. The highest BCUT2D eigenvalue weighted by atomic mass is 16.5. The molecular formula is C9H19NO. The Morgan fingerprint density at radius 3 is 2.36 bits per heavy atom. The van der Waals surface area contributed by atoms with Gasteiger partial charge < -0.3 is 9.64 Å². The molecule has 0 amide bonds. The monoisotopic (exact) mass is 157 g/mol. The fraction of sp³-hybridized carbons (Fsp3) is 1.00. The summed E-state index contributed by atoms with van der Waals surface area (Å²) >= 11 is 0. The molecule has 1 aliphatic rings. The van der Waals surface area contributed by atoms with Crippen LogP contribution >= 0.6 is 0 Å². The maximum atomic E-state index is 5.74. The van der Waals surface area contributed by atoms with Gasteiger partial charge in [0.25, 0.3) is 0 Å². The Kier molecular flexibility index (Phi) is 2.90. The van der Waals surface area contributed by atoms with Crippen molar-refractivity contribution < 1.29 is 4.74 Å². The van der Waals surface area contributed by atoms with E-state index in [9.17, 15) is 0 Å². The van der Waals surface area contributed by atoms with Crippen molar-refractivity contribution in [2.24, 2.45) is 0 Å². The van der Waals surface area contributed by atoms with E-state index >= 15 is 0 Å². The molecular weight excluding hydrogens is 138 g/mol. The SMILES string of the molecule is CCC1CC(N(C)C)C(C)O1. The number of nitrogens with zero attached hydrogens (tertiary/aromatic N) is 1. The fourth-order valence-corrected chi connectivity index (χ4v) is 1.80. The van der Waals surface area contributed by atoms with E-state index in [4.69, 9.17) is 4.74 Å². The molecule has 1 rings (SSSR count). The van der Waals surface area contributed by atoms with Crippen LogP contribution in [0.4, 0.5) is 0 Å². The van der Waals surface area contributed by atoms with Crippen molar-refractivity contribution in [1.29, 1.82) is 0 Å². The van der Waals surface area contributed by atoms with Crippen molar-refractivity contribution in [3.8, 4) is 0 Å². The van der Waals surface area contributed by atoms with Gasteiger partial charge in [0.2, 0.25) is 0 Å². The molecule has 0 radical (unpaired) electrons. The minimum Gasteiger partial charge on any atom is -0.374 e. The third-order valence-electron chi connectivity index (χ3n) is 2.57. The molecule has 0 aromatic heterocycles. The molecule has 11 heavy (non-hydrogen) atoms. The van der Waals surface area contributed by atoms with Crippen molar-refractivity contribution in [2.45, 2.75) is 44.9 Å². The van der Waals surface area contributed by atoms with Gasteiger partial charge in [0.15, 0.2) is 0 Å². The van der Waals surface area contributed by atoms with Crippen LogP contribution in [0.5, 0.6) is 0 Å². The van der Waals surface area contributed by atoms with Crippen molar-refractivity contribution in [2.75, 3.05) is 14.1 Å². The van der Waals surface area contributed by atoms with Gasteiger partial charge in [-0.2, -0.15) is 0 Å². The Bertz CT molecular complexity index is 125. The van der Waals surface area contributed by atoms with E-state index in [1.54, 1.807) is 0 Å². The molecule has 0 aliphatic carbocycles. The topological polar surface area (TPSA) is 12.5 Å². The number of likely N-dealkylation sites (N-methyl/N-ethyl adjacent to an activating group) is 1. The summed E-state index contributed by atoms with van der Waals surface area (Å²) in [6.45, 7) is 4.36. The van der Waals surface area contributed by atoms with E-state index in [0.717, 1.165) is 6.42 Å². The second kappa shape index (κ2) is 3.55. The lowest BCUT2D eigenvalue weighted by Gasteiger charge is -2.21. The first-order chi connectivity index (χ1) is 5.15. The van der Waals surface area contributed by atoms with Crippen LogP contribution < -0.4 is 0 Å². The predicted molar refractivity (Wildman–Crippen MR) is 46.7 cm³/mol. The van der Waals surface area contributed by atoms with Crippen LogP contribution in [0, 0.1) is 0 Å². The van der Waals surface area contributed by atoms with Crippen LogP contribution in [0.15, 0.2) is 0 Å². The van der Waals surface area contributed by atoms with Crippen molar-refractivity contribution in [3.63, 3.8) is 0 Å². The molecule has 1 saturated heterocycles. The zero-order valence-electron chi connectivity index (χ0n) is 8.00. The number of ether oxygens (including phenoxy) is 1. The van der Waals surface area contributed by atoms with Crippen molar-refractivity contribution >= 4 is 0 Å². The Balaban J connectivity index is 2.45. The molecule has 0 N–H and O–H groups in total. The molecule has 66 valence electrons. The number of rotatable bonds is 2. The van der Waals surface area contributed by atoms with Gasteiger partial charge >= 0.3 is 0 Å². The summed E-state index contributed by atoms with van der Waals surface area (Å²) in [6.07, 6.45) is 3.26. The van der Waals surface area contributed by atoms with Gasteiger partial charge in [0.1, 0.15) is 0 Å². The lowest BCUT2D eigenvalue weighted by molar-refractivity contribution is 0.0389. The maximum absolute atomic E-state index is 5.74. The van der Waals surface area contributed by atoms with Gasteiger partial charge in [-0.25, -0.2) is 0 Å². The molecule has 3 atom stereocenters. The zero-order valence-corrected chi connectivity index (χ0v) is 8.00. The highest BCUT2D eigenvalue weighted by molar-refractivity contribution is 4.84. The average Bonchev–Trinajstić information content (AvgIpc) is 2.30. The third kappa shape index (κ3) is 1.94. The molecule has 0 aromatic carbocycles. The second-order valence-corrected chi connectivity index (χ2v) is 3.64. The molecule has 3 unspecified atom stereocenters. The quantitative estimate of drug-likeness (QED) is 0.602. The molecule has 0 aromatic rings. The molecule has 0 spiro atoms. The predicted octanol–water partition coefficient (Wildman–Crippen LogP) is 1.50. The Labute approximate surface area is 69.5 Å². The first kappa shape index (κ1) is 9.01. The van der Waals surface area contributed by atoms with Crippen LogP contribution in [0.1, 0.15) is 26.7 Å². The van der Waals surface area contributed by atoms with Crippen LogP contribution in [0.2, 0.25) is 0 Å². The smallest absolute Gasteiger partial charge is 0.0706 e. The normalized spacial score (nSPS) is 38.5. The summed E-state index contributed by atoms with van der Waals surface area (Å²) in [5, 5.41) is 0. The average molecular weight is 157 g/mol. The highest BCUT2D eigenvalue weighted by Crippen LogP contribution is 2.24. The first-order valence-electron chi connectivity index (χ1n) is 4.47. The largest absolute Gasteiger partial charge is 0.374 e. The summed E-state index contributed by atoms with van der Waals surface area (Å²) in [5.74, 6) is 0. The van der Waals surface area contributed by atoms with E-state index < -0.39 is 0 Å². The van der Waals surface area contributed by atoms with Crippen LogP contribution in [-0.4, -0.2) is 37.2 Å². The lowest BCUT2D eigenvalue weighted by Crippen LogP contribution is -2.33. The number of hydrogen-bond acceptors (Lipinski definition) is 2. The fourth-order valence-electron chi connectivity index (χ4n) is 1.80. The zero-order chi connectivity index (χ0) is 8.43.